The average Bonchev–Trinajstić information content (AvgIpc) is 2.60. The van der Waals surface area contributed by atoms with Crippen LogP contribution in [-0.4, -0.2) is 25.7 Å². The van der Waals surface area contributed by atoms with Gasteiger partial charge in [-0.1, -0.05) is 64.0 Å². The first-order chi connectivity index (χ1) is 11.7. The van der Waals surface area contributed by atoms with Crippen molar-refractivity contribution in [1.82, 2.24) is 5.32 Å². The second-order valence-corrected chi connectivity index (χ2v) is 5.89. The number of unbranched alkanes of at least 4 members (excludes halogenated alkanes) is 7. The third-order valence-corrected chi connectivity index (χ3v) is 3.90. The molecule has 1 aromatic rings. The third kappa shape index (κ3) is 7.99. The zero-order chi connectivity index (χ0) is 17.6. The number of para-hydroxylation sites is 1. The summed E-state index contributed by atoms with van der Waals surface area (Å²) >= 11 is 0. The van der Waals surface area contributed by atoms with Crippen LogP contribution in [0.15, 0.2) is 24.3 Å². The predicted molar refractivity (Wildman–Crippen MR) is 97.4 cm³/mol. The number of rotatable bonds is 11. The molecule has 2 N–H and O–H groups in total. The van der Waals surface area contributed by atoms with Gasteiger partial charge in [0.1, 0.15) is 0 Å². The average molecular weight is 334 g/mol. The normalized spacial score (nSPS) is 10.2. The van der Waals surface area contributed by atoms with Crippen molar-refractivity contribution in [2.24, 2.45) is 0 Å². The molecule has 0 saturated heterocycles. The molecule has 0 bridgehead atoms. The van der Waals surface area contributed by atoms with Crippen molar-refractivity contribution < 1.29 is 14.3 Å². The molecule has 2 amide bonds. The van der Waals surface area contributed by atoms with E-state index in [1.807, 2.05) is 0 Å². The molecule has 0 aliphatic heterocycles. The minimum Gasteiger partial charge on any atom is -0.465 e. The molecule has 0 fully saturated rings. The highest BCUT2D eigenvalue weighted by molar-refractivity contribution is 6.00. The Balaban J connectivity index is 2.20. The van der Waals surface area contributed by atoms with Crippen LogP contribution in [0.4, 0.5) is 10.5 Å². The first kappa shape index (κ1) is 20.0. The molecule has 0 aromatic heterocycles. The van der Waals surface area contributed by atoms with Gasteiger partial charge in [0.25, 0.3) is 0 Å². The number of carbonyl (C=O) groups is 2. The lowest BCUT2D eigenvalue weighted by Gasteiger charge is -2.10. The van der Waals surface area contributed by atoms with Gasteiger partial charge >= 0.3 is 12.0 Å². The van der Waals surface area contributed by atoms with E-state index in [1.54, 1.807) is 24.3 Å². The lowest BCUT2D eigenvalue weighted by Crippen LogP contribution is -2.30. The van der Waals surface area contributed by atoms with Gasteiger partial charge in [-0.3, -0.25) is 0 Å². The molecule has 134 valence electrons. The topological polar surface area (TPSA) is 67.4 Å². The molecule has 5 heteroatoms. The Morgan fingerprint density at radius 2 is 1.58 bits per heavy atom. The van der Waals surface area contributed by atoms with Gasteiger partial charge < -0.3 is 15.4 Å². The first-order valence-corrected chi connectivity index (χ1v) is 8.91. The third-order valence-electron chi connectivity index (χ3n) is 3.90. The summed E-state index contributed by atoms with van der Waals surface area (Å²) in [5, 5.41) is 5.52. The number of anilines is 1. The molecule has 1 rings (SSSR count). The summed E-state index contributed by atoms with van der Waals surface area (Å²) in [7, 11) is 1.32. The largest absolute Gasteiger partial charge is 0.465 e. The molecule has 0 saturated carbocycles. The van der Waals surface area contributed by atoms with Crippen LogP contribution >= 0.6 is 0 Å². The van der Waals surface area contributed by atoms with Crippen molar-refractivity contribution in [3.05, 3.63) is 29.8 Å². The van der Waals surface area contributed by atoms with Crippen LogP contribution in [0.3, 0.4) is 0 Å². The number of amides is 2. The SMILES string of the molecule is CCCCCCCCCCNC(=O)Nc1ccccc1C(=O)OC. The Kier molecular flexibility index (Phi) is 10.3. The number of methoxy groups -OCH3 is 1. The van der Waals surface area contributed by atoms with Crippen molar-refractivity contribution in [3.8, 4) is 0 Å². The molecule has 0 aliphatic rings. The summed E-state index contributed by atoms with van der Waals surface area (Å²) in [6.45, 7) is 2.86. The van der Waals surface area contributed by atoms with Crippen LogP contribution in [-0.2, 0) is 4.74 Å². The fourth-order valence-electron chi connectivity index (χ4n) is 2.51. The summed E-state index contributed by atoms with van der Waals surface area (Å²) in [4.78, 5) is 23.6. The van der Waals surface area contributed by atoms with E-state index in [9.17, 15) is 9.59 Å². The van der Waals surface area contributed by atoms with Crippen molar-refractivity contribution in [3.63, 3.8) is 0 Å². The van der Waals surface area contributed by atoms with Gasteiger partial charge in [-0.25, -0.2) is 9.59 Å². The van der Waals surface area contributed by atoms with Gasteiger partial charge in [-0.15, -0.1) is 0 Å². The van der Waals surface area contributed by atoms with E-state index >= 15 is 0 Å². The number of carbonyl (C=O) groups excluding carboxylic acids is 2. The quantitative estimate of drug-likeness (QED) is 0.454. The Morgan fingerprint density at radius 1 is 0.958 bits per heavy atom. The fraction of sp³-hybridized carbons (Fsp3) is 0.579. The fourth-order valence-corrected chi connectivity index (χ4v) is 2.51. The highest BCUT2D eigenvalue weighted by Crippen LogP contribution is 2.15. The number of urea groups is 1. The summed E-state index contributed by atoms with van der Waals surface area (Å²) in [5.74, 6) is -0.464. The molecular weight excluding hydrogens is 304 g/mol. The van der Waals surface area contributed by atoms with Crippen molar-refractivity contribution in [2.75, 3.05) is 19.0 Å². The minimum atomic E-state index is -0.464. The minimum absolute atomic E-state index is 0.297. The van der Waals surface area contributed by atoms with Crippen molar-refractivity contribution in [2.45, 2.75) is 58.3 Å². The molecule has 0 spiro atoms. The number of benzene rings is 1. The van der Waals surface area contributed by atoms with Gasteiger partial charge in [-0.05, 0) is 18.6 Å². The predicted octanol–water partition coefficient (Wildman–Crippen LogP) is 4.74. The molecule has 1 aromatic carbocycles. The standard InChI is InChI=1S/C19H30N2O3/c1-3-4-5-6-7-8-9-12-15-20-19(23)21-17-14-11-10-13-16(17)18(22)24-2/h10-11,13-14H,3-9,12,15H2,1-2H3,(H2,20,21,23). The van der Waals surface area contributed by atoms with E-state index in [-0.39, 0.29) is 6.03 Å². The highest BCUT2D eigenvalue weighted by Gasteiger charge is 2.12. The maximum Gasteiger partial charge on any atom is 0.339 e. The molecule has 0 radical (unpaired) electrons. The number of nitrogens with one attached hydrogen (secondary N) is 2. The smallest absolute Gasteiger partial charge is 0.339 e. The number of hydrogen-bond donors (Lipinski definition) is 2. The highest BCUT2D eigenvalue weighted by atomic mass is 16.5. The van der Waals surface area contributed by atoms with Gasteiger partial charge in [0.2, 0.25) is 0 Å². The molecule has 0 aliphatic carbocycles. The molecule has 0 atom stereocenters. The van der Waals surface area contributed by atoms with E-state index < -0.39 is 5.97 Å². The van der Waals surface area contributed by atoms with Crippen LogP contribution in [0.25, 0.3) is 0 Å². The maximum atomic E-state index is 11.9. The Hall–Kier alpha value is -2.04. The van der Waals surface area contributed by atoms with E-state index in [0.717, 1.165) is 12.8 Å². The summed E-state index contributed by atoms with van der Waals surface area (Å²) < 4.78 is 4.71. The summed E-state index contributed by atoms with van der Waals surface area (Å²) in [6, 6.07) is 6.51. The second kappa shape index (κ2) is 12.4. The molecule has 24 heavy (non-hydrogen) atoms. The molecule has 0 unspecified atom stereocenters. The van der Waals surface area contributed by atoms with Crippen LogP contribution in [0.1, 0.15) is 68.6 Å². The van der Waals surface area contributed by atoms with Crippen LogP contribution in [0.2, 0.25) is 0 Å². The second-order valence-electron chi connectivity index (χ2n) is 5.89. The lowest BCUT2D eigenvalue weighted by molar-refractivity contribution is 0.0602. The number of hydrogen-bond acceptors (Lipinski definition) is 3. The summed E-state index contributed by atoms with van der Waals surface area (Å²) in [5.41, 5.74) is 0.806. The number of esters is 1. The zero-order valence-electron chi connectivity index (χ0n) is 14.9. The van der Waals surface area contributed by atoms with Crippen LogP contribution in [0.5, 0.6) is 0 Å². The van der Waals surface area contributed by atoms with Crippen molar-refractivity contribution >= 4 is 17.7 Å². The van der Waals surface area contributed by atoms with Crippen molar-refractivity contribution in [1.29, 1.82) is 0 Å². The first-order valence-electron chi connectivity index (χ1n) is 8.91. The Morgan fingerprint density at radius 3 is 2.25 bits per heavy atom. The van der Waals surface area contributed by atoms with Crippen LogP contribution < -0.4 is 10.6 Å². The number of ether oxygens (including phenoxy) is 1. The van der Waals surface area contributed by atoms with E-state index in [2.05, 4.69) is 17.6 Å². The summed E-state index contributed by atoms with van der Waals surface area (Å²) in [6.07, 6.45) is 9.84. The Bertz CT molecular complexity index is 503. The van der Waals surface area contributed by atoms with E-state index in [0.29, 0.717) is 17.8 Å². The van der Waals surface area contributed by atoms with Crippen LogP contribution in [0, 0.1) is 0 Å². The van der Waals surface area contributed by atoms with E-state index in [1.165, 1.54) is 45.6 Å². The lowest BCUT2D eigenvalue weighted by atomic mass is 10.1. The van der Waals surface area contributed by atoms with Gasteiger partial charge in [0.15, 0.2) is 0 Å². The Labute approximate surface area is 145 Å². The monoisotopic (exact) mass is 334 g/mol. The van der Waals surface area contributed by atoms with Gasteiger partial charge in [0.05, 0.1) is 18.4 Å². The molecular formula is C19H30N2O3. The zero-order valence-corrected chi connectivity index (χ0v) is 14.9. The maximum absolute atomic E-state index is 11.9. The molecule has 5 nitrogen and oxygen atoms in total. The van der Waals surface area contributed by atoms with E-state index in [4.69, 9.17) is 4.74 Å². The van der Waals surface area contributed by atoms with Gasteiger partial charge in [-0.2, -0.15) is 0 Å². The molecule has 0 heterocycles. The van der Waals surface area contributed by atoms with Gasteiger partial charge in [0, 0.05) is 6.54 Å².